The van der Waals surface area contributed by atoms with Crippen LogP contribution in [0, 0.1) is 17.7 Å². The van der Waals surface area contributed by atoms with Crippen molar-refractivity contribution in [3.8, 4) is 11.3 Å². The van der Waals surface area contributed by atoms with Gasteiger partial charge in [0.2, 0.25) is 0 Å². The van der Waals surface area contributed by atoms with Crippen LogP contribution in [0.2, 0.25) is 0 Å². The number of carboxylic acids is 1. The molecule has 0 radical (unpaired) electrons. The molecule has 1 aliphatic rings. The summed E-state index contributed by atoms with van der Waals surface area (Å²) in [6, 6.07) is 5.73. The average Bonchev–Trinajstić information content (AvgIpc) is 3.21. The Morgan fingerprint density at radius 1 is 1.26 bits per heavy atom. The minimum absolute atomic E-state index is 0.0957. The molecule has 0 unspecified atom stereocenters. The number of amides is 2. The fourth-order valence-electron chi connectivity index (χ4n) is 2.85. The van der Waals surface area contributed by atoms with Gasteiger partial charge in [-0.05, 0) is 12.1 Å². The molecule has 27 heavy (non-hydrogen) atoms. The van der Waals surface area contributed by atoms with E-state index in [1.165, 1.54) is 24.3 Å². The van der Waals surface area contributed by atoms with Gasteiger partial charge >= 0.3 is 18.2 Å². The Morgan fingerprint density at radius 2 is 2.00 bits per heavy atom. The van der Waals surface area contributed by atoms with Crippen LogP contribution < -0.4 is 5.32 Å². The van der Waals surface area contributed by atoms with Crippen molar-refractivity contribution >= 4 is 17.8 Å². The lowest BCUT2D eigenvalue weighted by molar-refractivity contribution is -0.187. The second-order valence-corrected chi connectivity index (χ2v) is 6.01. The van der Waals surface area contributed by atoms with Gasteiger partial charge in [0, 0.05) is 24.7 Å². The number of carbonyl (C=O) groups excluding carboxylic acids is 1. The summed E-state index contributed by atoms with van der Waals surface area (Å²) in [5, 5.41) is 14.8. The monoisotopic (exact) mass is 387 g/mol. The van der Waals surface area contributed by atoms with Crippen molar-refractivity contribution in [1.82, 2.24) is 10.1 Å². The Morgan fingerprint density at radius 3 is 2.59 bits per heavy atom. The minimum Gasteiger partial charge on any atom is -0.481 e. The molecule has 1 aromatic heterocycles. The average molecular weight is 387 g/mol. The highest BCUT2D eigenvalue weighted by Gasteiger charge is 2.53. The second kappa shape index (κ2) is 6.89. The number of likely N-dealkylation sites (tertiary alicyclic amines) is 1. The number of aliphatic carboxylic acids is 1. The maximum Gasteiger partial charge on any atom is 0.394 e. The van der Waals surface area contributed by atoms with Crippen LogP contribution in [0.15, 0.2) is 34.9 Å². The first-order valence-corrected chi connectivity index (χ1v) is 7.73. The quantitative estimate of drug-likeness (QED) is 0.789. The molecule has 1 fully saturated rings. The number of nitrogens with one attached hydrogen (secondary N) is 1. The topological polar surface area (TPSA) is 95.7 Å². The fourth-order valence-corrected chi connectivity index (χ4v) is 2.85. The van der Waals surface area contributed by atoms with Crippen LogP contribution in [0.4, 0.5) is 28.2 Å². The molecule has 7 nitrogen and oxygen atoms in total. The maximum absolute atomic E-state index is 13.2. The summed E-state index contributed by atoms with van der Waals surface area (Å²) in [5.74, 6) is -5.98. The van der Waals surface area contributed by atoms with Gasteiger partial charge in [0.05, 0.1) is 11.8 Å². The van der Waals surface area contributed by atoms with E-state index in [9.17, 15) is 27.2 Å². The largest absolute Gasteiger partial charge is 0.481 e. The van der Waals surface area contributed by atoms with Crippen LogP contribution in [-0.4, -0.2) is 46.4 Å². The molecule has 11 heteroatoms. The van der Waals surface area contributed by atoms with Crippen molar-refractivity contribution in [3.63, 3.8) is 0 Å². The Bertz CT molecular complexity index is 867. The van der Waals surface area contributed by atoms with E-state index in [1.807, 2.05) is 0 Å². The molecule has 2 N–H and O–H groups in total. The first-order valence-electron chi connectivity index (χ1n) is 7.73. The number of carbonyl (C=O) groups is 2. The SMILES string of the molecule is O=C(O)[C@@H]1CN(C(=O)Nc2cc(-c3cccc(F)c3)on2)C[C@H]1C(F)(F)F. The first-order chi connectivity index (χ1) is 12.6. The molecule has 2 aromatic rings. The number of alkyl halides is 3. The number of urea groups is 1. The number of benzene rings is 1. The van der Waals surface area contributed by atoms with Crippen molar-refractivity contribution in [2.24, 2.45) is 11.8 Å². The Labute approximate surface area is 149 Å². The molecule has 0 saturated carbocycles. The molecular formula is C16H13F4N3O4. The predicted octanol–water partition coefficient (Wildman–Crippen LogP) is 3.21. The van der Waals surface area contributed by atoms with Gasteiger partial charge in [-0.1, -0.05) is 17.3 Å². The van der Waals surface area contributed by atoms with E-state index in [4.69, 9.17) is 9.63 Å². The molecule has 1 aliphatic heterocycles. The van der Waals surface area contributed by atoms with E-state index < -0.39 is 48.9 Å². The van der Waals surface area contributed by atoms with E-state index in [-0.39, 0.29) is 11.6 Å². The molecule has 2 amide bonds. The molecule has 1 aromatic carbocycles. The van der Waals surface area contributed by atoms with E-state index in [1.54, 1.807) is 6.07 Å². The highest BCUT2D eigenvalue weighted by molar-refractivity contribution is 5.89. The molecule has 0 bridgehead atoms. The number of hydrogen-bond acceptors (Lipinski definition) is 4. The zero-order valence-corrected chi connectivity index (χ0v) is 13.5. The number of hydrogen-bond donors (Lipinski definition) is 2. The van der Waals surface area contributed by atoms with Gasteiger partial charge in [0.1, 0.15) is 5.82 Å². The Hall–Kier alpha value is -3.11. The lowest BCUT2D eigenvalue weighted by Crippen LogP contribution is -2.35. The molecule has 3 rings (SSSR count). The fraction of sp³-hybridized carbons (Fsp3) is 0.312. The predicted molar refractivity (Wildman–Crippen MR) is 83.2 cm³/mol. The maximum atomic E-state index is 13.2. The lowest BCUT2D eigenvalue weighted by atomic mass is 9.96. The van der Waals surface area contributed by atoms with Crippen molar-refractivity contribution in [2.45, 2.75) is 6.18 Å². The molecular weight excluding hydrogens is 374 g/mol. The number of rotatable bonds is 3. The third-order valence-corrected chi connectivity index (χ3v) is 4.20. The third-order valence-electron chi connectivity index (χ3n) is 4.20. The number of anilines is 1. The highest BCUT2D eigenvalue weighted by Crippen LogP contribution is 2.38. The summed E-state index contributed by atoms with van der Waals surface area (Å²) in [6.07, 6.45) is -4.74. The molecule has 0 aliphatic carbocycles. The van der Waals surface area contributed by atoms with Crippen LogP contribution in [0.5, 0.6) is 0 Å². The van der Waals surface area contributed by atoms with Gasteiger partial charge in [0.15, 0.2) is 11.6 Å². The summed E-state index contributed by atoms with van der Waals surface area (Å²) in [4.78, 5) is 24.0. The highest BCUT2D eigenvalue weighted by atomic mass is 19.4. The van der Waals surface area contributed by atoms with Gasteiger partial charge in [-0.15, -0.1) is 0 Å². The van der Waals surface area contributed by atoms with Crippen LogP contribution in [0.3, 0.4) is 0 Å². The molecule has 2 atom stereocenters. The van der Waals surface area contributed by atoms with Gasteiger partial charge in [-0.25, -0.2) is 9.18 Å². The van der Waals surface area contributed by atoms with Gasteiger partial charge < -0.3 is 14.5 Å². The first kappa shape index (κ1) is 18.7. The van der Waals surface area contributed by atoms with Crippen molar-refractivity contribution in [3.05, 3.63) is 36.1 Å². The smallest absolute Gasteiger partial charge is 0.394 e. The van der Waals surface area contributed by atoms with E-state index in [2.05, 4.69) is 10.5 Å². The summed E-state index contributed by atoms with van der Waals surface area (Å²) in [6.45, 7) is -1.36. The summed E-state index contributed by atoms with van der Waals surface area (Å²) >= 11 is 0. The Balaban J connectivity index is 1.70. The van der Waals surface area contributed by atoms with Crippen LogP contribution in [0.1, 0.15) is 0 Å². The van der Waals surface area contributed by atoms with E-state index in [0.29, 0.717) is 5.56 Å². The van der Waals surface area contributed by atoms with Crippen LogP contribution >= 0.6 is 0 Å². The second-order valence-electron chi connectivity index (χ2n) is 6.01. The van der Waals surface area contributed by atoms with E-state index in [0.717, 1.165) is 4.90 Å². The number of nitrogens with zero attached hydrogens (tertiary/aromatic N) is 2. The van der Waals surface area contributed by atoms with Gasteiger partial charge in [-0.3, -0.25) is 10.1 Å². The lowest BCUT2D eigenvalue weighted by Gasteiger charge is -2.18. The number of halogens is 4. The standard InChI is InChI=1S/C16H13F4N3O4/c17-9-3-1-2-8(4-9)12-5-13(22-27-12)21-15(26)23-6-10(14(24)25)11(7-23)16(18,19)20/h1-5,10-11H,6-7H2,(H,24,25)(H,21,22,26)/t10-,11-/m1/s1. The minimum atomic E-state index is -4.74. The van der Waals surface area contributed by atoms with Crippen molar-refractivity contribution in [1.29, 1.82) is 0 Å². The zero-order valence-electron chi connectivity index (χ0n) is 13.5. The normalized spacial score (nSPS) is 19.9. The molecule has 2 heterocycles. The van der Waals surface area contributed by atoms with Crippen molar-refractivity contribution in [2.75, 3.05) is 18.4 Å². The third kappa shape index (κ3) is 4.01. The van der Waals surface area contributed by atoms with Crippen LogP contribution in [0.25, 0.3) is 11.3 Å². The molecule has 144 valence electrons. The summed E-state index contributed by atoms with van der Waals surface area (Å²) in [7, 11) is 0. The van der Waals surface area contributed by atoms with Crippen LogP contribution in [-0.2, 0) is 4.79 Å². The van der Waals surface area contributed by atoms with Crippen molar-refractivity contribution < 1.29 is 36.8 Å². The molecule has 1 saturated heterocycles. The Kier molecular flexibility index (Phi) is 4.77. The number of aromatic nitrogens is 1. The van der Waals surface area contributed by atoms with E-state index >= 15 is 0 Å². The zero-order chi connectivity index (χ0) is 19.8. The summed E-state index contributed by atoms with van der Waals surface area (Å²) in [5.41, 5.74) is 0.354. The number of carboxylic acid groups (broad SMARTS) is 1. The summed E-state index contributed by atoms with van der Waals surface area (Å²) < 4.78 is 57.1. The van der Waals surface area contributed by atoms with Gasteiger partial charge in [0.25, 0.3) is 0 Å². The molecule has 0 spiro atoms. The van der Waals surface area contributed by atoms with Gasteiger partial charge in [-0.2, -0.15) is 13.2 Å².